The number of alkyl halides is 3. The molecule has 2 aromatic rings. The summed E-state index contributed by atoms with van der Waals surface area (Å²) in [6.45, 7) is 3.97. The average molecular weight is 529 g/mol. The zero-order chi connectivity index (χ0) is 26.7. The van der Waals surface area contributed by atoms with Crippen molar-refractivity contribution >= 4 is 0 Å². The first-order valence-corrected chi connectivity index (χ1v) is 14.6. The van der Waals surface area contributed by atoms with E-state index in [9.17, 15) is 13.2 Å². The fourth-order valence-electron chi connectivity index (χ4n) is 7.58. The number of ether oxygens (including phenoxy) is 1. The van der Waals surface area contributed by atoms with Gasteiger partial charge in [0.25, 0.3) is 0 Å². The van der Waals surface area contributed by atoms with Crippen molar-refractivity contribution in [2.45, 2.75) is 101 Å². The summed E-state index contributed by atoms with van der Waals surface area (Å²) in [4.78, 5) is 0. The van der Waals surface area contributed by atoms with E-state index in [0.717, 1.165) is 54.2 Å². The van der Waals surface area contributed by atoms with Crippen molar-refractivity contribution in [1.29, 1.82) is 0 Å². The van der Waals surface area contributed by atoms with Crippen LogP contribution in [0, 0.1) is 23.6 Å². The van der Waals surface area contributed by atoms with Crippen molar-refractivity contribution in [2.24, 2.45) is 17.8 Å². The van der Waals surface area contributed by atoms with Crippen LogP contribution in [0.5, 0.6) is 5.75 Å². The molecule has 3 aliphatic carbocycles. The third-order valence-electron chi connectivity index (χ3n) is 9.84. The van der Waals surface area contributed by atoms with E-state index in [2.05, 4.69) is 23.5 Å². The Hall–Kier alpha value is -2.30. The minimum absolute atomic E-state index is 0.0653. The van der Waals surface area contributed by atoms with Gasteiger partial charge < -0.3 is 4.74 Å². The second kappa shape index (κ2) is 11.8. The quantitative estimate of drug-likeness (QED) is 0.268. The van der Waals surface area contributed by atoms with Gasteiger partial charge in [0, 0.05) is 0 Å². The van der Waals surface area contributed by atoms with Crippen molar-refractivity contribution in [3.8, 4) is 5.75 Å². The molecule has 0 saturated heterocycles. The first kappa shape index (κ1) is 27.3. The molecule has 0 amide bonds. The summed E-state index contributed by atoms with van der Waals surface area (Å²) < 4.78 is 56.5. The van der Waals surface area contributed by atoms with E-state index < -0.39 is 6.36 Å². The molecule has 0 spiro atoms. The van der Waals surface area contributed by atoms with E-state index in [-0.39, 0.29) is 23.4 Å². The molecular formula is C33H40F4O. The Balaban J connectivity index is 1.12. The number of hydrogen-bond acceptors (Lipinski definition) is 1. The molecule has 0 radical (unpaired) electrons. The number of allylic oxidation sites excluding steroid dienone is 1. The number of benzene rings is 2. The Kier molecular flexibility index (Phi) is 8.50. The van der Waals surface area contributed by atoms with Gasteiger partial charge in [0.05, 0.1) is 0 Å². The summed E-state index contributed by atoms with van der Waals surface area (Å²) in [5, 5.41) is 0. The van der Waals surface area contributed by atoms with Gasteiger partial charge in [-0.2, -0.15) is 0 Å². The van der Waals surface area contributed by atoms with Crippen LogP contribution in [0.2, 0.25) is 0 Å². The van der Waals surface area contributed by atoms with Crippen LogP contribution < -0.4 is 4.74 Å². The Labute approximate surface area is 224 Å². The van der Waals surface area contributed by atoms with Gasteiger partial charge in [0.1, 0.15) is 11.6 Å². The lowest BCUT2D eigenvalue weighted by atomic mass is 9.68. The Morgan fingerprint density at radius 2 is 1.16 bits per heavy atom. The highest BCUT2D eigenvalue weighted by atomic mass is 19.4. The van der Waals surface area contributed by atoms with Gasteiger partial charge in [-0.15, -0.1) is 19.8 Å². The monoisotopic (exact) mass is 528 g/mol. The van der Waals surface area contributed by atoms with Gasteiger partial charge in [-0.3, -0.25) is 0 Å². The molecule has 3 fully saturated rings. The lowest BCUT2D eigenvalue weighted by Crippen LogP contribution is -2.25. The molecule has 1 nitrogen and oxygen atoms in total. The fraction of sp³-hybridized carbons (Fsp3) is 0.576. The van der Waals surface area contributed by atoms with Crippen LogP contribution in [0.4, 0.5) is 17.6 Å². The average Bonchev–Trinajstić information content (AvgIpc) is 2.93. The third kappa shape index (κ3) is 6.63. The van der Waals surface area contributed by atoms with Crippen LogP contribution in [-0.2, 0) is 0 Å². The van der Waals surface area contributed by atoms with Crippen LogP contribution in [-0.4, -0.2) is 6.36 Å². The largest absolute Gasteiger partial charge is 0.573 e. The minimum Gasteiger partial charge on any atom is -0.406 e. The molecule has 0 bridgehead atoms. The highest BCUT2D eigenvalue weighted by molar-refractivity contribution is 5.32. The predicted octanol–water partition coefficient (Wildman–Crippen LogP) is 10.4. The van der Waals surface area contributed by atoms with Gasteiger partial charge in [-0.25, -0.2) is 4.39 Å². The molecule has 0 aromatic heterocycles. The van der Waals surface area contributed by atoms with E-state index in [0.29, 0.717) is 11.8 Å². The normalized spacial score (nSPS) is 30.5. The molecule has 5 heteroatoms. The van der Waals surface area contributed by atoms with Gasteiger partial charge in [0.15, 0.2) is 0 Å². The first-order chi connectivity index (χ1) is 18.3. The molecular weight excluding hydrogens is 488 g/mol. The topological polar surface area (TPSA) is 9.23 Å². The molecule has 2 aromatic carbocycles. The van der Waals surface area contributed by atoms with Crippen molar-refractivity contribution in [3.63, 3.8) is 0 Å². The summed E-state index contributed by atoms with van der Waals surface area (Å²) in [6, 6.07) is 12.2. The van der Waals surface area contributed by atoms with Crippen molar-refractivity contribution < 1.29 is 22.3 Å². The summed E-state index contributed by atoms with van der Waals surface area (Å²) in [6.07, 6.45) is 11.2. The SMILES string of the molecule is C=CC1CCC(C2CCC(c3ccc(C4CCC(c5ccc(OC(F)(F)F)cc5)CC4)c(F)c3)CC2)CC1. The Morgan fingerprint density at radius 3 is 1.71 bits per heavy atom. The maximum atomic E-state index is 15.3. The molecule has 0 heterocycles. The van der Waals surface area contributed by atoms with E-state index in [1.807, 2.05) is 6.07 Å². The van der Waals surface area contributed by atoms with Crippen LogP contribution in [0.3, 0.4) is 0 Å². The number of halogens is 4. The van der Waals surface area contributed by atoms with Crippen molar-refractivity contribution in [1.82, 2.24) is 0 Å². The Morgan fingerprint density at radius 1 is 0.658 bits per heavy atom. The minimum atomic E-state index is -4.68. The number of hydrogen-bond donors (Lipinski definition) is 0. The number of rotatable bonds is 6. The van der Waals surface area contributed by atoms with Crippen molar-refractivity contribution in [3.05, 3.63) is 77.6 Å². The van der Waals surface area contributed by atoms with Gasteiger partial charge in [-0.05, 0) is 147 Å². The van der Waals surface area contributed by atoms with E-state index >= 15 is 4.39 Å². The lowest BCUT2D eigenvalue weighted by molar-refractivity contribution is -0.274. The molecule has 38 heavy (non-hydrogen) atoms. The molecule has 206 valence electrons. The van der Waals surface area contributed by atoms with Crippen molar-refractivity contribution in [2.75, 3.05) is 0 Å². The highest BCUT2D eigenvalue weighted by Crippen LogP contribution is 2.45. The van der Waals surface area contributed by atoms with E-state index in [1.54, 1.807) is 18.2 Å². The zero-order valence-electron chi connectivity index (χ0n) is 22.2. The highest BCUT2D eigenvalue weighted by Gasteiger charge is 2.33. The predicted molar refractivity (Wildman–Crippen MR) is 144 cm³/mol. The van der Waals surface area contributed by atoms with E-state index in [4.69, 9.17) is 0 Å². The molecule has 0 aliphatic heterocycles. The lowest BCUT2D eigenvalue weighted by Gasteiger charge is -2.37. The summed E-state index contributed by atoms with van der Waals surface area (Å²) in [7, 11) is 0. The Bertz CT molecular complexity index is 1050. The standard InChI is InChI=1S/C33H40F4O/c1-2-22-3-5-23(6-4-22)24-7-9-27(10-8-24)29-17-20-31(32(34)21-29)28-13-11-25(12-14-28)26-15-18-30(19-16-26)38-33(35,36)37/h2,15-25,27-28H,1,3-14H2. The second-order valence-electron chi connectivity index (χ2n) is 12.0. The molecule has 3 saturated carbocycles. The second-order valence-corrected chi connectivity index (χ2v) is 12.0. The zero-order valence-corrected chi connectivity index (χ0v) is 22.2. The summed E-state index contributed by atoms with van der Waals surface area (Å²) >= 11 is 0. The molecule has 0 N–H and O–H groups in total. The van der Waals surface area contributed by atoms with Crippen LogP contribution in [0.15, 0.2) is 55.1 Å². The maximum Gasteiger partial charge on any atom is 0.573 e. The molecule has 0 unspecified atom stereocenters. The van der Waals surface area contributed by atoms with Gasteiger partial charge >= 0.3 is 6.36 Å². The molecule has 3 aliphatic rings. The van der Waals surface area contributed by atoms with Gasteiger partial charge in [0.2, 0.25) is 0 Å². The first-order valence-electron chi connectivity index (χ1n) is 14.6. The van der Waals surface area contributed by atoms with Crippen LogP contribution in [0.1, 0.15) is 111 Å². The molecule has 5 rings (SSSR count). The van der Waals surface area contributed by atoms with Gasteiger partial charge in [-0.1, -0.05) is 30.3 Å². The van der Waals surface area contributed by atoms with Crippen LogP contribution in [0.25, 0.3) is 0 Å². The third-order valence-corrected chi connectivity index (χ3v) is 9.84. The smallest absolute Gasteiger partial charge is 0.406 e. The van der Waals surface area contributed by atoms with E-state index in [1.165, 1.54) is 63.5 Å². The fourth-order valence-corrected chi connectivity index (χ4v) is 7.58. The van der Waals surface area contributed by atoms with Crippen LogP contribution >= 0.6 is 0 Å². The maximum absolute atomic E-state index is 15.3. The summed E-state index contributed by atoms with van der Waals surface area (Å²) in [5.41, 5.74) is 3.02. The molecule has 0 atom stereocenters. The summed E-state index contributed by atoms with van der Waals surface area (Å²) in [5.74, 6) is 3.12.